The summed E-state index contributed by atoms with van der Waals surface area (Å²) in [5, 5.41) is 218. The lowest BCUT2D eigenvalue weighted by Crippen LogP contribution is -2.54. The van der Waals surface area contributed by atoms with Crippen molar-refractivity contribution in [2.45, 2.75) is 49.5 Å². The molecule has 3 aliphatic heterocycles. The van der Waals surface area contributed by atoms with E-state index in [0.717, 1.165) is 12.1 Å². The second kappa shape index (κ2) is 21.2. The summed E-state index contributed by atoms with van der Waals surface area (Å²) in [6.07, 6.45) is -16.4. The van der Waals surface area contributed by atoms with Crippen molar-refractivity contribution in [3.05, 3.63) is 105 Å². The maximum Gasteiger partial charge on any atom is 0.339 e. The van der Waals surface area contributed by atoms with Gasteiger partial charge in [0.2, 0.25) is 23.0 Å². The predicted molar refractivity (Wildman–Crippen MR) is 279 cm³/mol. The highest BCUT2D eigenvalue weighted by Gasteiger charge is 2.50. The molecule has 0 saturated heterocycles. The normalized spacial score (nSPS) is 19.1. The fourth-order valence-electron chi connectivity index (χ4n) is 10.1. The summed E-state index contributed by atoms with van der Waals surface area (Å²) >= 11 is 0. The molecule has 0 bridgehead atoms. The first-order chi connectivity index (χ1) is 41.0. The van der Waals surface area contributed by atoms with E-state index in [-0.39, 0.29) is 11.1 Å². The molecule has 2 unspecified atom stereocenters. The number of aliphatic hydroxyl groups is 1. The summed E-state index contributed by atoms with van der Waals surface area (Å²) in [6.45, 7) is -1.61. The van der Waals surface area contributed by atoms with Gasteiger partial charge in [0.1, 0.15) is 36.1 Å². The van der Waals surface area contributed by atoms with Crippen molar-refractivity contribution in [2.75, 3.05) is 6.61 Å². The van der Waals surface area contributed by atoms with Gasteiger partial charge in [0.15, 0.2) is 93.1 Å². The number of aliphatic hydroxyl groups excluding tert-OH is 1. The summed E-state index contributed by atoms with van der Waals surface area (Å²) in [5.74, 6) is -34.4. The minimum Gasteiger partial charge on any atom is -0.507 e. The highest BCUT2D eigenvalue weighted by Crippen LogP contribution is 2.56. The molecule has 31 heteroatoms. The van der Waals surface area contributed by atoms with E-state index in [4.69, 9.17) is 28.4 Å². The molecule has 20 N–H and O–H groups in total. The molecule has 452 valence electrons. The molecule has 0 spiro atoms. The minimum absolute atomic E-state index is 0.0739. The Hall–Kier alpha value is -12.2. The highest BCUT2D eigenvalue weighted by molar-refractivity contribution is 6.10. The molecule has 3 heterocycles. The number of fused-ring (bicyclic) bond motifs is 7. The van der Waals surface area contributed by atoms with E-state index in [1.54, 1.807) is 0 Å². The molecule has 31 nitrogen and oxygen atoms in total. The number of rotatable bonds is 6. The van der Waals surface area contributed by atoms with E-state index < -0.39 is 257 Å². The maximum atomic E-state index is 15.3. The van der Waals surface area contributed by atoms with Crippen LogP contribution in [0.4, 0.5) is 0 Å². The highest BCUT2D eigenvalue weighted by atomic mass is 16.6. The van der Waals surface area contributed by atoms with Gasteiger partial charge in [-0.15, -0.1) is 0 Å². The molecular weight excluding hydrogens is 1170 g/mol. The predicted octanol–water partition coefficient (Wildman–Crippen LogP) is 3.39. The van der Waals surface area contributed by atoms with Crippen molar-refractivity contribution in [3.8, 4) is 137 Å². The van der Waals surface area contributed by atoms with E-state index >= 15 is 14.4 Å². The van der Waals surface area contributed by atoms with E-state index in [2.05, 4.69) is 0 Å². The number of phenolic OH excluding ortho intramolecular Hbond substituents is 19. The molecule has 0 radical (unpaired) electrons. The van der Waals surface area contributed by atoms with Crippen molar-refractivity contribution in [1.29, 1.82) is 0 Å². The smallest absolute Gasteiger partial charge is 0.339 e. The molecular formula is C56H42O31. The fourth-order valence-corrected chi connectivity index (χ4v) is 10.1. The number of benzene rings is 7. The van der Waals surface area contributed by atoms with Crippen LogP contribution in [0.3, 0.4) is 0 Å². The zero-order valence-electron chi connectivity index (χ0n) is 43.3. The molecule has 3 aliphatic rings. The van der Waals surface area contributed by atoms with Crippen LogP contribution in [-0.4, -0.2) is 169 Å². The van der Waals surface area contributed by atoms with Crippen LogP contribution < -0.4 is 4.74 Å². The molecule has 6 atom stereocenters. The largest absolute Gasteiger partial charge is 0.507 e. The van der Waals surface area contributed by atoms with Crippen molar-refractivity contribution in [3.63, 3.8) is 0 Å². The number of cyclic esters (lactones) is 4. The minimum atomic E-state index is -2.94. The zero-order valence-corrected chi connectivity index (χ0v) is 43.3. The third kappa shape index (κ3) is 9.74. The van der Waals surface area contributed by atoms with Gasteiger partial charge in [0.25, 0.3) is 0 Å². The van der Waals surface area contributed by atoms with Gasteiger partial charge in [-0.05, 0) is 54.1 Å². The first kappa shape index (κ1) is 58.1. The maximum absolute atomic E-state index is 15.3. The van der Waals surface area contributed by atoms with Crippen LogP contribution in [0.1, 0.15) is 74.6 Å². The van der Waals surface area contributed by atoms with Gasteiger partial charge in [0, 0.05) is 52.3 Å². The van der Waals surface area contributed by atoms with Gasteiger partial charge in [-0.2, -0.15) is 0 Å². The molecule has 0 fully saturated rings. The molecule has 0 saturated carbocycles. The Morgan fingerprint density at radius 2 is 0.874 bits per heavy atom. The number of carbonyl (C=O) groups is 5. The van der Waals surface area contributed by atoms with Gasteiger partial charge < -0.3 is 131 Å². The first-order valence-corrected chi connectivity index (χ1v) is 24.8. The zero-order chi connectivity index (χ0) is 63.3. The summed E-state index contributed by atoms with van der Waals surface area (Å²) in [4.78, 5) is 74.5. The Bertz CT molecular complexity index is 4130. The van der Waals surface area contributed by atoms with Crippen molar-refractivity contribution < 1.29 is 155 Å². The number of ether oxygens (including phenoxy) is 6. The quantitative estimate of drug-likeness (QED) is 0.0644. The van der Waals surface area contributed by atoms with E-state index in [0.29, 0.717) is 42.5 Å². The molecule has 0 amide bonds. The van der Waals surface area contributed by atoms with E-state index in [1.165, 1.54) is 6.07 Å². The number of carbonyl (C=O) groups excluding carboxylic acids is 5. The molecule has 0 aliphatic carbocycles. The number of aromatic hydroxyl groups is 19. The molecule has 7 aromatic carbocycles. The molecule has 7 aromatic rings. The number of hydrogen-bond acceptors (Lipinski definition) is 31. The second-order valence-electron chi connectivity index (χ2n) is 19.6. The lowest BCUT2D eigenvalue weighted by Gasteiger charge is -2.37. The van der Waals surface area contributed by atoms with Gasteiger partial charge in [-0.3, -0.25) is 0 Å². The topological polar surface area (TPSA) is 545 Å². The standard InChI is InChI=1S/C56H42O31/c57-22-2-1-14(3-25(22)60)48-32(67)6-16-23(58)12-24(59)17(49(16)85-48)11-33-50(86-55(80)21-10-31(66)43(72)47(76)38(21)36-19(54(79)83-33)8-29(64)41(70)45(36)74)51-34(84-52(77)15-4-26(61)39(68)27(62)5-15)13-82-53(78)18-7-28(63)40(69)44(73)35(18)37-20(56(81)87-51)9-30(65)42(71)46(37)75/h1-5,7-10,12,32-34,48,50-51,57-76H,6,11,13H2/t32-,33?,34?,48+,50+,51+/m0/s1. The van der Waals surface area contributed by atoms with Crippen LogP contribution in [0.2, 0.25) is 0 Å². The average Bonchev–Trinajstić information content (AvgIpc) is 1.39. The summed E-state index contributed by atoms with van der Waals surface area (Å²) in [7, 11) is 0. The second-order valence-corrected chi connectivity index (χ2v) is 19.6. The Kier molecular flexibility index (Phi) is 14.2. The lowest BCUT2D eigenvalue weighted by atomic mass is 9.88. The van der Waals surface area contributed by atoms with E-state index in [1.807, 2.05) is 0 Å². The molecule has 10 rings (SSSR count). The van der Waals surface area contributed by atoms with Crippen molar-refractivity contribution in [2.24, 2.45) is 0 Å². The lowest BCUT2D eigenvalue weighted by molar-refractivity contribution is -0.131. The fraction of sp³-hybridized carbons (Fsp3) is 0.161. The Morgan fingerprint density at radius 3 is 1.34 bits per heavy atom. The Labute approximate surface area is 481 Å². The number of phenols is 19. The summed E-state index contributed by atoms with van der Waals surface area (Å²) < 4.78 is 35.3. The Balaban J connectivity index is 1.27. The average molecular weight is 1210 g/mol. The van der Waals surface area contributed by atoms with Crippen LogP contribution in [0.25, 0.3) is 22.3 Å². The summed E-state index contributed by atoms with van der Waals surface area (Å²) in [6, 6.07) is 6.15. The van der Waals surface area contributed by atoms with Crippen LogP contribution in [0.5, 0.6) is 115 Å². The SMILES string of the molecule is O=C(OC1COC(=O)c2cc(O)c(O)c(O)c2-c2c(cc(O)c(O)c2O)C(=O)O[C@H]1[C@@H]1OC(=O)c2cc(O)c(O)c(O)c2-c2c(cc(O)c(O)c2O)C(=O)OC1Cc1c(O)cc(O)c2c1O[C@H](c1ccc(O)c(O)c1)[C@@H](O)C2)c1cc(O)c(O)c(O)c1. The van der Waals surface area contributed by atoms with Gasteiger partial charge in [-0.1, -0.05) is 6.07 Å². The summed E-state index contributed by atoms with van der Waals surface area (Å²) in [5.41, 5.74) is -11.7. The van der Waals surface area contributed by atoms with Crippen LogP contribution in [0.15, 0.2) is 60.7 Å². The van der Waals surface area contributed by atoms with Gasteiger partial charge >= 0.3 is 29.8 Å². The van der Waals surface area contributed by atoms with Crippen molar-refractivity contribution >= 4 is 29.8 Å². The number of hydrogen-bond donors (Lipinski definition) is 20. The van der Waals surface area contributed by atoms with Crippen LogP contribution in [-0.2, 0) is 36.5 Å². The van der Waals surface area contributed by atoms with E-state index in [9.17, 15) is 112 Å². The molecule has 0 aromatic heterocycles. The third-order valence-electron chi connectivity index (χ3n) is 14.3. The van der Waals surface area contributed by atoms with Crippen molar-refractivity contribution in [1.82, 2.24) is 0 Å². The molecule has 87 heavy (non-hydrogen) atoms. The first-order valence-electron chi connectivity index (χ1n) is 24.8. The van der Waals surface area contributed by atoms with Crippen LogP contribution in [0, 0.1) is 0 Å². The van der Waals surface area contributed by atoms with Crippen LogP contribution >= 0.6 is 0 Å². The van der Waals surface area contributed by atoms with Gasteiger partial charge in [0.05, 0.1) is 33.9 Å². The monoisotopic (exact) mass is 1210 g/mol. The number of esters is 5. The Morgan fingerprint density at radius 1 is 0.437 bits per heavy atom. The van der Waals surface area contributed by atoms with Gasteiger partial charge in [-0.25, -0.2) is 24.0 Å². The third-order valence-corrected chi connectivity index (χ3v) is 14.3.